The first-order valence-electron chi connectivity index (χ1n) is 23.5. The minimum atomic E-state index is -0.967. The maximum absolute atomic E-state index is 17.1. The van der Waals surface area contributed by atoms with Gasteiger partial charge in [-0.3, -0.25) is 25.0 Å². The highest BCUT2D eigenvalue weighted by Crippen LogP contribution is 2.52. The van der Waals surface area contributed by atoms with Crippen molar-refractivity contribution in [1.82, 2.24) is 35.4 Å². The number of carbonyl (C=O) groups excluding carboxylic acids is 2. The normalized spacial score (nSPS) is 23.1. The monoisotopic (exact) mass is 899 g/mol. The number of aromatic amines is 1. The lowest BCUT2D eigenvalue weighted by Gasteiger charge is -2.53. The van der Waals surface area contributed by atoms with E-state index in [4.69, 9.17) is 9.72 Å². The van der Waals surface area contributed by atoms with Crippen LogP contribution >= 0.6 is 0 Å². The Bertz CT molecular complexity index is 2920. The Hall–Kier alpha value is -6.00. The fraction of sp³-hybridized carbons (Fsp3) is 0.480. The third-order valence-electron chi connectivity index (χ3n) is 15.2. The zero-order valence-electron chi connectivity index (χ0n) is 37.4. The van der Waals surface area contributed by atoms with Gasteiger partial charge in [-0.15, -0.1) is 0 Å². The number of likely N-dealkylation sites (tertiary alicyclic amines) is 1. The first kappa shape index (κ1) is 42.6. The molecule has 0 bridgehead atoms. The lowest BCUT2D eigenvalue weighted by molar-refractivity contribution is -0.134. The molecule has 344 valence electrons. The molecule has 2 atom stereocenters. The highest BCUT2D eigenvalue weighted by Gasteiger charge is 2.49. The van der Waals surface area contributed by atoms with Crippen molar-refractivity contribution in [3.63, 3.8) is 0 Å². The maximum atomic E-state index is 17.1. The summed E-state index contributed by atoms with van der Waals surface area (Å²) in [5.74, 6) is -1.73. The van der Waals surface area contributed by atoms with E-state index in [-0.39, 0.29) is 45.8 Å². The Balaban J connectivity index is 0.777. The van der Waals surface area contributed by atoms with Crippen LogP contribution in [0.25, 0.3) is 43.8 Å². The van der Waals surface area contributed by atoms with E-state index >= 15 is 8.78 Å². The molecule has 0 radical (unpaired) electrons. The van der Waals surface area contributed by atoms with Crippen molar-refractivity contribution in [2.24, 2.45) is 10.8 Å². The number of fused-ring (bicyclic) bond motifs is 3. The van der Waals surface area contributed by atoms with E-state index < -0.39 is 23.2 Å². The van der Waals surface area contributed by atoms with Crippen LogP contribution < -0.4 is 20.3 Å². The molecular weight excluding hydrogens is 845 g/mol. The number of H-pyrrole nitrogens is 1. The number of carbonyl (C=O) groups is 2. The van der Waals surface area contributed by atoms with Crippen LogP contribution in [-0.4, -0.2) is 103 Å². The third kappa shape index (κ3) is 7.74. The predicted molar refractivity (Wildman–Crippen MR) is 246 cm³/mol. The number of nitrogens with one attached hydrogen (secondary N) is 3. The van der Waals surface area contributed by atoms with E-state index in [0.29, 0.717) is 84.4 Å². The summed E-state index contributed by atoms with van der Waals surface area (Å²) in [5.41, 5.74) is 2.40. The Morgan fingerprint density at radius 3 is 2.56 bits per heavy atom. The van der Waals surface area contributed by atoms with Crippen LogP contribution in [-0.2, 0) is 16.0 Å². The molecule has 3 aliphatic heterocycles. The van der Waals surface area contributed by atoms with Gasteiger partial charge in [-0.1, -0.05) is 25.1 Å². The molecule has 3 saturated heterocycles. The molecule has 66 heavy (non-hydrogen) atoms. The van der Waals surface area contributed by atoms with E-state index in [1.807, 2.05) is 30.0 Å². The second kappa shape index (κ2) is 16.1. The summed E-state index contributed by atoms with van der Waals surface area (Å²) in [6.07, 6.45) is 10.4. The van der Waals surface area contributed by atoms with Gasteiger partial charge in [0.05, 0.1) is 34.9 Å². The van der Waals surface area contributed by atoms with Gasteiger partial charge in [0.15, 0.2) is 5.82 Å². The standard InChI is InChI=1S/C50H55F2N9O5/c1-3-31-36(51)10-8-28-20-30(62)21-34(39(28)31)43-40(52)44-35(24-53-43)45(61-17-5-12-48(2,65)25-61)57-47(56-44)66-27-50(13-14-50)26-60-18-15-49(16-19-60)22-29(23-49)54-37-7-4-6-32-41(58-59-42(32)37)33-9-11-38(63)55-46(33)64/h4,6-8,10,20-21,24,29,33,54,62,65H,3,5,9,11-19,22-23,25-27H2,1-2H3,(H,58,59)(H,55,63,64)/t33?,48-/m1/s1. The first-order valence-corrected chi connectivity index (χ1v) is 23.5. The van der Waals surface area contributed by atoms with Crippen molar-refractivity contribution >= 4 is 55.9 Å². The number of pyridine rings is 1. The second-order valence-electron chi connectivity index (χ2n) is 20.2. The number of imide groups is 1. The average Bonchev–Trinajstić information content (AvgIpc) is 3.91. The number of rotatable bonds is 11. The second-order valence-corrected chi connectivity index (χ2v) is 20.2. The SMILES string of the molecule is CCc1c(F)ccc2cc(O)cc(-c3ncc4c(N5CCC[C@@](C)(O)C5)nc(OCC5(CN6CCC7(CC6)CC(Nc6cccc8c(C9CCC(=O)NC9=O)[nH]nc68)C7)CC5)nc4c3F)c12. The molecule has 2 aliphatic carbocycles. The van der Waals surface area contributed by atoms with E-state index in [0.717, 1.165) is 86.9 Å². The number of anilines is 2. The number of phenols is 1. The van der Waals surface area contributed by atoms with Crippen molar-refractivity contribution in [2.45, 2.75) is 102 Å². The summed E-state index contributed by atoms with van der Waals surface area (Å²) >= 11 is 0. The summed E-state index contributed by atoms with van der Waals surface area (Å²) in [5, 5.41) is 38.0. The number of aromatic hydroxyl groups is 1. The number of aryl methyl sites for hydroxylation is 1. The molecule has 3 aromatic heterocycles. The smallest absolute Gasteiger partial charge is 0.319 e. The molecule has 5 aliphatic rings. The zero-order valence-corrected chi connectivity index (χ0v) is 37.4. The van der Waals surface area contributed by atoms with Crippen molar-refractivity contribution in [1.29, 1.82) is 0 Å². The number of aliphatic hydroxyl groups is 1. The average molecular weight is 900 g/mol. The summed E-state index contributed by atoms with van der Waals surface area (Å²) < 4.78 is 38.7. The molecule has 14 nitrogen and oxygen atoms in total. The first-order chi connectivity index (χ1) is 31.8. The van der Waals surface area contributed by atoms with Gasteiger partial charge in [-0.2, -0.15) is 15.1 Å². The number of hydrogen-bond donors (Lipinski definition) is 5. The number of nitrogens with zero attached hydrogens (tertiary/aromatic N) is 6. The molecule has 5 fully saturated rings. The molecule has 16 heteroatoms. The molecule has 1 unspecified atom stereocenters. The van der Waals surface area contributed by atoms with Gasteiger partial charge in [0.25, 0.3) is 0 Å². The van der Waals surface area contributed by atoms with E-state index in [2.05, 4.69) is 35.7 Å². The maximum Gasteiger partial charge on any atom is 0.319 e. The zero-order chi connectivity index (χ0) is 45.5. The van der Waals surface area contributed by atoms with E-state index in [9.17, 15) is 19.8 Å². The third-order valence-corrected chi connectivity index (χ3v) is 15.2. The summed E-state index contributed by atoms with van der Waals surface area (Å²) in [7, 11) is 0. The molecule has 6 heterocycles. The van der Waals surface area contributed by atoms with Crippen LogP contribution in [0.4, 0.5) is 20.3 Å². The van der Waals surface area contributed by atoms with Gasteiger partial charge in [0.2, 0.25) is 11.8 Å². The number of β-amino-alcohol motifs (C(OH)–C–C–N with tert-alkyl or cyclic N) is 1. The fourth-order valence-corrected chi connectivity index (χ4v) is 11.5. The fourth-order valence-electron chi connectivity index (χ4n) is 11.5. The van der Waals surface area contributed by atoms with Gasteiger partial charge in [-0.05, 0) is 130 Å². The summed E-state index contributed by atoms with van der Waals surface area (Å²) in [4.78, 5) is 43.0. The number of piperidine rings is 3. The van der Waals surface area contributed by atoms with Crippen molar-refractivity contribution in [3.8, 4) is 23.0 Å². The quantitative estimate of drug-likeness (QED) is 0.0803. The van der Waals surface area contributed by atoms with Gasteiger partial charge < -0.3 is 30.1 Å². The van der Waals surface area contributed by atoms with Gasteiger partial charge in [-0.25, -0.2) is 8.78 Å². The van der Waals surface area contributed by atoms with Gasteiger partial charge in [0.1, 0.15) is 34.1 Å². The van der Waals surface area contributed by atoms with Gasteiger partial charge >= 0.3 is 6.01 Å². The minimum Gasteiger partial charge on any atom is -0.508 e. The predicted octanol–water partition coefficient (Wildman–Crippen LogP) is 7.65. The number of para-hydroxylation sites is 1. The summed E-state index contributed by atoms with van der Waals surface area (Å²) in [6, 6.07) is 12.3. The topological polar surface area (TPSA) is 182 Å². The largest absolute Gasteiger partial charge is 0.508 e. The molecular formula is C50H55F2N9O5. The number of benzene rings is 3. The molecule has 6 aromatic rings. The molecule has 2 amide bonds. The van der Waals surface area contributed by atoms with Crippen LogP contribution in [0.2, 0.25) is 0 Å². The lowest BCUT2D eigenvalue weighted by Crippen LogP contribution is -2.52. The molecule has 1 spiro atoms. The molecule has 11 rings (SSSR count). The highest BCUT2D eigenvalue weighted by molar-refractivity contribution is 6.04. The lowest BCUT2D eigenvalue weighted by atomic mass is 9.60. The Labute approximate surface area is 380 Å². The minimum absolute atomic E-state index is 0.00801. The number of halogens is 2. The van der Waals surface area contributed by atoms with Crippen LogP contribution in [0.3, 0.4) is 0 Å². The Morgan fingerprint density at radius 2 is 1.80 bits per heavy atom. The number of amides is 2. The number of phenolic OH excluding ortho intramolecular Hbond substituents is 1. The van der Waals surface area contributed by atoms with E-state index in [1.54, 1.807) is 13.0 Å². The van der Waals surface area contributed by atoms with Crippen molar-refractivity contribution in [3.05, 3.63) is 71.6 Å². The number of ether oxygens (including phenoxy) is 1. The number of aromatic nitrogens is 5. The van der Waals surface area contributed by atoms with Crippen LogP contribution in [0, 0.1) is 22.5 Å². The number of hydrogen-bond acceptors (Lipinski definition) is 12. The van der Waals surface area contributed by atoms with Crippen molar-refractivity contribution < 1.29 is 33.3 Å². The van der Waals surface area contributed by atoms with Gasteiger partial charge in [0, 0.05) is 54.7 Å². The van der Waals surface area contributed by atoms with Crippen molar-refractivity contribution in [2.75, 3.05) is 49.5 Å². The Morgan fingerprint density at radius 1 is 0.985 bits per heavy atom. The van der Waals surface area contributed by atoms with Crippen LogP contribution in [0.15, 0.2) is 48.7 Å². The molecule has 2 saturated carbocycles. The van der Waals surface area contributed by atoms with Crippen LogP contribution in [0.1, 0.15) is 95.2 Å². The summed E-state index contributed by atoms with van der Waals surface area (Å²) in [6.45, 7) is 7.79. The van der Waals surface area contributed by atoms with E-state index in [1.165, 1.54) is 24.4 Å². The molecule has 3 aromatic carbocycles. The van der Waals surface area contributed by atoms with Crippen LogP contribution in [0.5, 0.6) is 11.8 Å². The molecule has 5 N–H and O–H groups in total. The highest BCUT2D eigenvalue weighted by atomic mass is 19.1. The Kier molecular flexibility index (Phi) is 10.4.